The summed E-state index contributed by atoms with van der Waals surface area (Å²) in [6.45, 7) is 2.96. The van der Waals surface area contributed by atoms with Crippen molar-refractivity contribution in [2.24, 2.45) is 0 Å². The molecule has 0 fully saturated rings. The highest BCUT2D eigenvalue weighted by Gasteiger charge is 2.03. The van der Waals surface area contributed by atoms with E-state index in [9.17, 15) is 19.8 Å². The van der Waals surface area contributed by atoms with Gasteiger partial charge in [0.1, 0.15) is 36.2 Å². The number of carbonyl (C=O) groups excluding carboxylic acids is 2. The number of carbonyl (C=O) groups is 2. The van der Waals surface area contributed by atoms with Gasteiger partial charge in [0.15, 0.2) is 12.6 Å². The van der Waals surface area contributed by atoms with E-state index < -0.39 is 0 Å². The molecule has 0 heterocycles. The quantitative estimate of drug-likeness (QED) is 0.303. The number of rotatable bonds is 16. The molecular formula is C22H26O9. The molecule has 0 aromatic heterocycles. The first-order valence-corrected chi connectivity index (χ1v) is 9.69. The Labute approximate surface area is 180 Å². The van der Waals surface area contributed by atoms with E-state index in [1.165, 1.54) is 24.3 Å². The number of aldehydes is 2. The van der Waals surface area contributed by atoms with Crippen LogP contribution in [0, 0.1) is 0 Å². The van der Waals surface area contributed by atoms with Gasteiger partial charge in [-0.1, -0.05) is 0 Å². The molecule has 0 radical (unpaired) electrons. The fourth-order valence-corrected chi connectivity index (χ4v) is 2.40. The topological polar surface area (TPSA) is 121 Å². The van der Waals surface area contributed by atoms with Crippen molar-refractivity contribution in [3.63, 3.8) is 0 Å². The predicted molar refractivity (Wildman–Crippen MR) is 110 cm³/mol. The zero-order valence-corrected chi connectivity index (χ0v) is 17.0. The van der Waals surface area contributed by atoms with E-state index in [2.05, 4.69) is 0 Å². The Kier molecular flexibility index (Phi) is 10.9. The molecule has 0 saturated heterocycles. The van der Waals surface area contributed by atoms with Crippen LogP contribution < -0.4 is 9.47 Å². The number of phenolic OH excluding ortho intramolecular Hbond substituents is 2. The van der Waals surface area contributed by atoms with Crippen LogP contribution in [0.25, 0.3) is 0 Å². The van der Waals surface area contributed by atoms with Crippen LogP contribution in [0.3, 0.4) is 0 Å². The maximum atomic E-state index is 10.6. The average Bonchev–Trinajstić information content (AvgIpc) is 2.77. The Morgan fingerprint density at radius 3 is 1.26 bits per heavy atom. The van der Waals surface area contributed by atoms with E-state index in [0.29, 0.717) is 76.9 Å². The molecule has 2 aromatic rings. The predicted octanol–water partition coefficient (Wildman–Crippen LogP) is 2.23. The highest BCUT2D eigenvalue weighted by Crippen LogP contribution is 2.22. The van der Waals surface area contributed by atoms with Gasteiger partial charge in [-0.25, -0.2) is 0 Å². The standard InChI is InChI=1S/C22H26O9/c23-15-17-1-3-19(13-21(17)25)30-11-9-28-7-5-27-6-8-29-10-12-31-20-4-2-18(16-24)22(26)14-20/h1-4,13-16,25-26H,5-12H2. The molecule has 168 valence electrons. The lowest BCUT2D eigenvalue weighted by molar-refractivity contribution is 0.00497. The van der Waals surface area contributed by atoms with Gasteiger partial charge >= 0.3 is 0 Å². The molecule has 2 N–H and O–H groups in total. The third-order valence-electron chi connectivity index (χ3n) is 3.99. The largest absolute Gasteiger partial charge is 0.507 e. The lowest BCUT2D eigenvalue weighted by atomic mass is 10.2. The third-order valence-corrected chi connectivity index (χ3v) is 3.99. The van der Waals surface area contributed by atoms with Crippen molar-refractivity contribution in [2.45, 2.75) is 0 Å². The lowest BCUT2D eigenvalue weighted by Gasteiger charge is -2.09. The van der Waals surface area contributed by atoms with Crippen LogP contribution in [0.2, 0.25) is 0 Å². The molecule has 0 aliphatic carbocycles. The lowest BCUT2D eigenvalue weighted by Crippen LogP contribution is -2.14. The first kappa shape index (κ1) is 24.1. The van der Waals surface area contributed by atoms with Crippen LogP contribution in [0.5, 0.6) is 23.0 Å². The summed E-state index contributed by atoms with van der Waals surface area (Å²) in [6.07, 6.45) is 1.15. The van der Waals surface area contributed by atoms with E-state index in [0.717, 1.165) is 0 Å². The molecule has 0 amide bonds. The second-order valence-corrected chi connectivity index (χ2v) is 6.21. The zero-order valence-electron chi connectivity index (χ0n) is 17.0. The van der Waals surface area contributed by atoms with Gasteiger partial charge in [0.05, 0.1) is 50.8 Å². The first-order valence-electron chi connectivity index (χ1n) is 9.69. The van der Waals surface area contributed by atoms with Gasteiger partial charge in [-0.15, -0.1) is 0 Å². The highest BCUT2D eigenvalue weighted by atomic mass is 16.6. The molecule has 9 heteroatoms. The Hall–Kier alpha value is -3.14. The van der Waals surface area contributed by atoms with Crippen molar-refractivity contribution < 1.29 is 43.5 Å². The SMILES string of the molecule is O=Cc1ccc(OCCOCCOCCOCCOc2ccc(C=O)c(O)c2)cc1O. The minimum Gasteiger partial charge on any atom is -0.507 e. The average molecular weight is 434 g/mol. The van der Waals surface area contributed by atoms with Crippen LogP contribution in [0.4, 0.5) is 0 Å². The minimum atomic E-state index is -0.122. The summed E-state index contributed by atoms with van der Waals surface area (Å²) in [5.74, 6) is 0.670. The van der Waals surface area contributed by atoms with E-state index in [-0.39, 0.29) is 22.6 Å². The summed E-state index contributed by atoms with van der Waals surface area (Å²) in [5, 5.41) is 19.1. The Balaban J connectivity index is 1.39. The summed E-state index contributed by atoms with van der Waals surface area (Å²) in [6, 6.07) is 8.93. The summed E-state index contributed by atoms with van der Waals surface area (Å²) < 4.78 is 27.0. The molecule has 31 heavy (non-hydrogen) atoms. The van der Waals surface area contributed by atoms with Gasteiger partial charge in [0, 0.05) is 12.1 Å². The van der Waals surface area contributed by atoms with Crippen LogP contribution in [0.1, 0.15) is 20.7 Å². The van der Waals surface area contributed by atoms with Gasteiger partial charge in [-0.05, 0) is 24.3 Å². The molecule has 0 unspecified atom stereocenters. The van der Waals surface area contributed by atoms with E-state index in [1.807, 2.05) is 0 Å². The van der Waals surface area contributed by atoms with Crippen LogP contribution >= 0.6 is 0 Å². The van der Waals surface area contributed by atoms with Crippen LogP contribution in [0.15, 0.2) is 36.4 Å². The van der Waals surface area contributed by atoms with Gasteiger partial charge in [-0.2, -0.15) is 0 Å². The molecule has 9 nitrogen and oxygen atoms in total. The fourth-order valence-electron chi connectivity index (χ4n) is 2.40. The number of benzene rings is 2. The fraction of sp³-hybridized carbons (Fsp3) is 0.364. The molecule has 0 bridgehead atoms. The molecule has 2 aromatic carbocycles. The van der Waals surface area contributed by atoms with E-state index >= 15 is 0 Å². The highest BCUT2D eigenvalue weighted by molar-refractivity contribution is 5.79. The summed E-state index contributed by atoms with van der Waals surface area (Å²) >= 11 is 0. The number of phenols is 2. The van der Waals surface area contributed by atoms with Gasteiger partial charge in [0.25, 0.3) is 0 Å². The maximum absolute atomic E-state index is 10.6. The number of hydrogen-bond acceptors (Lipinski definition) is 9. The molecule has 0 spiro atoms. The Morgan fingerprint density at radius 1 is 0.581 bits per heavy atom. The summed E-state index contributed by atoms with van der Waals surface area (Å²) in [4.78, 5) is 21.3. The molecule has 2 rings (SSSR count). The normalized spacial score (nSPS) is 10.6. The van der Waals surface area contributed by atoms with Gasteiger partial charge in [0.2, 0.25) is 0 Å². The Bertz CT molecular complexity index is 755. The molecule has 0 atom stereocenters. The molecule has 0 aliphatic rings. The number of ether oxygens (including phenoxy) is 5. The summed E-state index contributed by atoms with van der Waals surface area (Å²) in [7, 11) is 0. The van der Waals surface area contributed by atoms with E-state index in [1.54, 1.807) is 12.1 Å². The van der Waals surface area contributed by atoms with Crippen molar-refractivity contribution in [3.05, 3.63) is 47.5 Å². The molecule has 0 saturated carbocycles. The van der Waals surface area contributed by atoms with Crippen molar-refractivity contribution >= 4 is 12.6 Å². The minimum absolute atomic E-state index is 0.122. The smallest absolute Gasteiger partial charge is 0.153 e. The Morgan fingerprint density at radius 2 is 0.935 bits per heavy atom. The maximum Gasteiger partial charge on any atom is 0.153 e. The van der Waals surface area contributed by atoms with Gasteiger partial charge < -0.3 is 33.9 Å². The monoisotopic (exact) mass is 434 g/mol. The third kappa shape index (κ3) is 9.04. The molecular weight excluding hydrogens is 408 g/mol. The first-order chi connectivity index (χ1) is 15.1. The summed E-state index contributed by atoms with van der Waals surface area (Å²) in [5.41, 5.74) is 0.422. The van der Waals surface area contributed by atoms with Crippen LogP contribution in [-0.2, 0) is 14.2 Å². The second kappa shape index (κ2) is 14.0. The van der Waals surface area contributed by atoms with Crippen molar-refractivity contribution in [3.8, 4) is 23.0 Å². The van der Waals surface area contributed by atoms with Crippen molar-refractivity contribution in [1.82, 2.24) is 0 Å². The van der Waals surface area contributed by atoms with Crippen LogP contribution in [-0.4, -0.2) is 75.6 Å². The number of hydrogen-bond donors (Lipinski definition) is 2. The second-order valence-electron chi connectivity index (χ2n) is 6.21. The number of aromatic hydroxyl groups is 2. The molecule has 0 aliphatic heterocycles. The van der Waals surface area contributed by atoms with E-state index in [4.69, 9.17) is 23.7 Å². The van der Waals surface area contributed by atoms with Crippen molar-refractivity contribution in [1.29, 1.82) is 0 Å². The zero-order chi connectivity index (χ0) is 22.3. The van der Waals surface area contributed by atoms with Gasteiger partial charge in [-0.3, -0.25) is 9.59 Å². The van der Waals surface area contributed by atoms with Crippen molar-refractivity contribution in [2.75, 3.05) is 52.9 Å².